The molecule has 92 valence electrons. The van der Waals surface area contributed by atoms with Crippen LogP contribution in [0.4, 0.5) is 13.6 Å². The zero-order valence-electron chi connectivity index (χ0n) is 8.98. The molecule has 1 aromatic rings. The first-order valence-corrected chi connectivity index (χ1v) is 4.64. The van der Waals surface area contributed by atoms with Gasteiger partial charge in [0.05, 0.1) is 5.71 Å². The van der Waals surface area contributed by atoms with Gasteiger partial charge in [-0.2, -0.15) is 13.9 Å². The average Bonchev–Trinajstić information content (AvgIpc) is 2.26. The molecule has 0 aliphatic carbocycles. The first kappa shape index (κ1) is 12.9. The van der Waals surface area contributed by atoms with Crippen molar-refractivity contribution in [3.8, 4) is 5.75 Å². The van der Waals surface area contributed by atoms with Crippen LogP contribution in [0.25, 0.3) is 0 Å². The zero-order chi connectivity index (χ0) is 12.8. The van der Waals surface area contributed by atoms with Gasteiger partial charge < -0.3 is 10.5 Å². The topological polar surface area (TPSA) is 76.7 Å². The van der Waals surface area contributed by atoms with Gasteiger partial charge in [0.2, 0.25) is 0 Å². The summed E-state index contributed by atoms with van der Waals surface area (Å²) in [5.41, 5.74) is 8.05. The van der Waals surface area contributed by atoms with Crippen LogP contribution >= 0.6 is 0 Å². The Labute approximate surface area is 96.3 Å². The normalized spacial score (nSPS) is 11.4. The number of rotatable bonds is 4. The van der Waals surface area contributed by atoms with Gasteiger partial charge in [-0.25, -0.2) is 10.2 Å². The quantitative estimate of drug-likeness (QED) is 0.623. The molecule has 0 radical (unpaired) electrons. The van der Waals surface area contributed by atoms with E-state index in [1.807, 2.05) is 0 Å². The number of ether oxygens (including phenoxy) is 1. The van der Waals surface area contributed by atoms with Crippen LogP contribution in [0.5, 0.6) is 5.75 Å². The molecular formula is C10H11F2N3O2. The third kappa shape index (κ3) is 4.45. The summed E-state index contributed by atoms with van der Waals surface area (Å²) in [6, 6.07) is 5.07. The number of nitrogens with zero attached hydrogens (tertiary/aromatic N) is 1. The van der Waals surface area contributed by atoms with E-state index < -0.39 is 12.6 Å². The predicted molar refractivity (Wildman–Crippen MR) is 58.0 cm³/mol. The SMILES string of the molecule is C/C(=N/NC(N)=O)c1ccc(OC(F)F)cc1. The largest absolute Gasteiger partial charge is 0.435 e. The van der Waals surface area contributed by atoms with E-state index in [2.05, 4.69) is 15.3 Å². The van der Waals surface area contributed by atoms with E-state index in [9.17, 15) is 13.6 Å². The van der Waals surface area contributed by atoms with Crippen LogP contribution < -0.4 is 15.9 Å². The van der Waals surface area contributed by atoms with Gasteiger partial charge >= 0.3 is 12.6 Å². The molecule has 1 aromatic carbocycles. The van der Waals surface area contributed by atoms with E-state index in [4.69, 9.17) is 5.73 Å². The number of hydrogen-bond acceptors (Lipinski definition) is 3. The molecule has 0 aliphatic heterocycles. The van der Waals surface area contributed by atoms with Gasteiger partial charge in [-0.3, -0.25) is 0 Å². The second-order valence-electron chi connectivity index (χ2n) is 3.08. The van der Waals surface area contributed by atoms with Crippen LogP contribution in [-0.4, -0.2) is 18.4 Å². The molecule has 0 spiro atoms. The minimum atomic E-state index is -2.85. The van der Waals surface area contributed by atoms with E-state index in [0.717, 1.165) is 0 Å². The van der Waals surface area contributed by atoms with Gasteiger partial charge in [0.1, 0.15) is 5.75 Å². The van der Waals surface area contributed by atoms with Crippen molar-refractivity contribution in [3.05, 3.63) is 29.8 Å². The molecule has 0 saturated carbocycles. The van der Waals surface area contributed by atoms with Crippen LogP contribution in [0.1, 0.15) is 12.5 Å². The predicted octanol–water partition coefficient (Wildman–Crippen LogP) is 1.68. The van der Waals surface area contributed by atoms with Gasteiger partial charge in [-0.15, -0.1) is 0 Å². The summed E-state index contributed by atoms with van der Waals surface area (Å²) < 4.78 is 27.9. The molecule has 0 bridgehead atoms. The average molecular weight is 243 g/mol. The fourth-order valence-electron chi connectivity index (χ4n) is 1.08. The Morgan fingerprint density at radius 3 is 2.47 bits per heavy atom. The van der Waals surface area contributed by atoms with Crippen LogP contribution in [0, 0.1) is 0 Å². The third-order valence-electron chi connectivity index (χ3n) is 1.83. The number of primary amides is 1. The van der Waals surface area contributed by atoms with Crippen molar-refractivity contribution in [2.24, 2.45) is 10.8 Å². The van der Waals surface area contributed by atoms with Crippen molar-refractivity contribution < 1.29 is 18.3 Å². The van der Waals surface area contributed by atoms with Crippen molar-refractivity contribution >= 4 is 11.7 Å². The van der Waals surface area contributed by atoms with E-state index in [0.29, 0.717) is 11.3 Å². The van der Waals surface area contributed by atoms with Crippen LogP contribution in [0.15, 0.2) is 29.4 Å². The maximum Gasteiger partial charge on any atom is 0.387 e. The fourth-order valence-corrected chi connectivity index (χ4v) is 1.08. The monoisotopic (exact) mass is 243 g/mol. The minimum Gasteiger partial charge on any atom is -0.435 e. The van der Waals surface area contributed by atoms with E-state index >= 15 is 0 Å². The summed E-state index contributed by atoms with van der Waals surface area (Å²) in [7, 11) is 0. The third-order valence-corrected chi connectivity index (χ3v) is 1.83. The van der Waals surface area contributed by atoms with Crippen LogP contribution in [-0.2, 0) is 0 Å². The summed E-state index contributed by atoms with van der Waals surface area (Å²) >= 11 is 0. The van der Waals surface area contributed by atoms with Crippen LogP contribution in [0.3, 0.4) is 0 Å². The van der Waals surface area contributed by atoms with E-state index in [1.165, 1.54) is 12.1 Å². The van der Waals surface area contributed by atoms with Crippen molar-refractivity contribution in [3.63, 3.8) is 0 Å². The minimum absolute atomic E-state index is 0.0550. The highest BCUT2D eigenvalue weighted by atomic mass is 19.3. The number of benzene rings is 1. The van der Waals surface area contributed by atoms with Crippen LogP contribution in [0.2, 0.25) is 0 Å². The first-order valence-electron chi connectivity index (χ1n) is 4.64. The molecule has 0 aliphatic rings. The lowest BCUT2D eigenvalue weighted by Crippen LogP contribution is -2.25. The maximum atomic E-state index is 11.9. The summed E-state index contributed by atoms with van der Waals surface area (Å²) in [6.07, 6.45) is 0. The number of alkyl halides is 2. The molecule has 17 heavy (non-hydrogen) atoms. The van der Waals surface area contributed by atoms with Gasteiger partial charge in [-0.1, -0.05) is 0 Å². The highest BCUT2D eigenvalue weighted by molar-refractivity contribution is 5.99. The fraction of sp³-hybridized carbons (Fsp3) is 0.200. The number of urea groups is 1. The number of hydrazone groups is 1. The van der Waals surface area contributed by atoms with Crippen molar-refractivity contribution in [2.75, 3.05) is 0 Å². The Morgan fingerprint density at radius 2 is 2.00 bits per heavy atom. The Balaban J connectivity index is 2.73. The summed E-state index contributed by atoms with van der Waals surface area (Å²) in [6.45, 7) is -1.22. The highest BCUT2D eigenvalue weighted by Gasteiger charge is 2.04. The molecule has 7 heteroatoms. The molecule has 0 heterocycles. The van der Waals surface area contributed by atoms with E-state index in [-0.39, 0.29) is 5.75 Å². The van der Waals surface area contributed by atoms with Crippen molar-refractivity contribution in [1.29, 1.82) is 0 Å². The van der Waals surface area contributed by atoms with E-state index in [1.54, 1.807) is 19.1 Å². The second kappa shape index (κ2) is 5.78. The number of hydrogen-bond donors (Lipinski definition) is 2. The smallest absolute Gasteiger partial charge is 0.387 e. The molecule has 0 fully saturated rings. The molecule has 5 nitrogen and oxygen atoms in total. The molecule has 3 N–H and O–H groups in total. The number of nitrogens with two attached hydrogens (primary N) is 1. The summed E-state index contributed by atoms with van der Waals surface area (Å²) in [5, 5.41) is 3.69. The van der Waals surface area contributed by atoms with Gasteiger partial charge in [-0.05, 0) is 36.8 Å². The maximum absolute atomic E-state index is 11.9. The van der Waals surface area contributed by atoms with Crippen molar-refractivity contribution in [1.82, 2.24) is 5.43 Å². The second-order valence-corrected chi connectivity index (χ2v) is 3.08. The van der Waals surface area contributed by atoms with Gasteiger partial charge in [0.15, 0.2) is 0 Å². The summed E-state index contributed by atoms with van der Waals surface area (Å²) in [5.74, 6) is 0.0550. The first-order chi connectivity index (χ1) is 7.99. The number of halogens is 2. The lowest BCUT2D eigenvalue weighted by molar-refractivity contribution is -0.0498. The lowest BCUT2D eigenvalue weighted by atomic mass is 10.1. The molecule has 0 saturated heterocycles. The molecule has 1 rings (SSSR count). The lowest BCUT2D eigenvalue weighted by Gasteiger charge is -2.05. The number of carbonyl (C=O) groups excluding carboxylic acids is 1. The molecule has 0 aromatic heterocycles. The Kier molecular flexibility index (Phi) is 4.38. The van der Waals surface area contributed by atoms with Crippen molar-refractivity contribution in [2.45, 2.75) is 13.5 Å². The number of nitrogens with one attached hydrogen (secondary N) is 1. The zero-order valence-corrected chi connectivity index (χ0v) is 8.98. The highest BCUT2D eigenvalue weighted by Crippen LogP contribution is 2.15. The Morgan fingerprint density at radius 1 is 1.41 bits per heavy atom. The number of amides is 2. The van der Waals surface area contributed by atoms with Gasteiger partial charge in [0.25, 0.3) is 0 Å². The Bertz CT molecular complexity index is 418. The molecular weight excluding hydrogens is 232 g/mol. The van der Waals surface area contributed by atoms with Gasteiger partial charge in [0, 0.05) is 0 Å². The molecule has 2 amide bonds. The Hall–Kier alpha value is -2.18. The molecule has 0 unspecified atom stereocenters. The standard InChI is InChI=1S/C10H11F2N3O2/c1-6(14-15-10(13)16)7-2-4-8(5-3-7)17-9(11)12/h2-5,9H,1H3,(H3,13,15,16)/b14-6-. The number of carbonyl (C=O) groups is 1. The summed E-state index contributed by atoms with van der Waals surface area (Å²) in [4.78, 5) is 10.4. The molecule has 0 atom stereocenters.